The molecule has 1 saturated heterocycles. The SMILES string of the molecule is C=C(C)[C@H]1C[C@H](OC2CCCCO2)[C@H](C)[C@H]1C(=O)OC. The predicted octanol–water partition coefficient (Wildman–Crippen LogP) is 2.92. The van der Waals surface area contributed by atoms with Crippen LogP contribution in [0.25, 0.3) is 0 Å². The molecule has 114 valence electrons. The Bertz CT molecular complexity index is 359. The summed E-state index contributed by atoms with van der Waals surface area (Å²) in [6.07, 6.45) is 3.97. The van der Waals surface area contributed by atoms with Gasteiger partial charge in [-0.25, -0.2) is 0 Å². The lowest BCUT2D eigenvalue weighted by atomic mass is 9.86. The predicted molar refractivity (Wildman–Crippen MR) is 76.1 cm³/mol. The van der Waals surface area contributed by atoms with E-state index in [4.69, 9.17) is 14.2 Å². The molecular weight excluding hydrogens is 256 g/mol. The first-order valence-electron chi connectivity index (χ1n) is 7.55. The molecule has 0 aromatic rings. The number of ether oxygens (including phenoxy) is 3. The average molecular weight is 282 g/mol. The number of hydrogen-bond donors (Lipinski definition) is 0. The van der Waals surface area contributed by atoms with Crippen LogP contribution in [-0.2, 0) is 19.0 Å². The maximum Gasteiger partial charge on any atom is 0.309 e. The summed E-state index contributed by atoms with van der Waals surface area (Å²) >= 11 is 0. The Hall–Kier alpha value is -0.870. The fraction of sp³-hybridized carbons (Fsp3) is 0.812. The van der Waals surface area contributed by atoms with Gasteiger partial charge in [0.2, 0.25) is 0 Å². The molecular formula is C16H26O4. The zero-order valence-corrected chi connectivity index (χ0v) is 12.8. The van der Waals surface area contributed by atoms with E-state index in [2.05, 4.69) is 13.5 Å². The number of hydrogen-bond acceptors (Lipinski definition) is 4. The Balaban J connectivity index is 2.03. The van der Waals surface area contributed by atoms with Crippen LogP contribution in [-0.4, -0.2) is 32.1 Å². The van der Waals surface area contributed by atoms with Gasteiger partial charge in [0.15, 0.2) is 6.29 Å². The lowest BCUT2D eigenvalue weighted by Gasteiger charge is -2.28. The Labute approximate surface area is 121 Å². The van der Waals surface area contributed by atoms with E-state index in [1.807, 2.05) is 6.92 Å². The minimum Gasteiger partial charge on any atom is -0.469 e. The van der Waals surface area contributed by atoms with Gasteiger partial charge >= 0.3 is 5.97 Å². The van der Waals surface area contributed by atoms with E-state index >= 15 is 0 Å². The van der Waals surface area contributed by atoms with Crippen LogP contribution in [0.5, 0.6) is 0 Å². The Morgan fingerprint density at radius 2 is 2.10 bits per heavy atom. The summed E-state index contributed by atoms with van der Waals surface area (Å²) in [7, 11) is 1.45. The third kappa shape index (κ3) is 3.23. The molecule has 2 rings (SSSR count). The van der Waals surface area contributed by atoms with Crippen molar-refractivity contribution in [2.75, 3.05) is 13.7 Å². The van der Waals surface area contributed by atoms with Crippen molar-refractivity contribution in [2.45, 2.75) is 51.9 Å². The maximum atomic E-state index is 12.0. The molecule has 1 unspecified atom stereocenters. The van der Waals surface area contributed by atoms with E-state index in [1.54, 1.807) is 0 Å². The zero-order valence-electron chi connectivity index (χ0n) is 12.8. The summed E-state index contributed by atoms with van der Waals surface area (Å²) in [6, 6.07) is 0. The molecule has 1 saturated carbocycles. The molecule has 2 fully saturated rings. The minimum atomic E-state index is -0.152. The third-order valence-corrected chi connectivity index (χ3v) is 4.64. The van der Waals surface area contributed by atoms with Crippen molar-refractivity contribution >= 4 is 5.97 Å². The monoisotopic (exact) mass is 282 g/mol. The summed E-state index contributed by atoms with van der Waals surface area (Å²) in [5, 5.41) is 0. The first-order chi connectivity index (χ1) is 9.54. The van der Waals surface area contributed by atoms with Crippen molar-refractivity contribution < 1.29 is 19.0 Å². The number of carbonyl (C=O) groups excluding carboxylic acids is 1. The van der Waals surface area contributed by atoms with Gasteiger partial charge in [-0.15, -0.1) is 0 Å². The molecule has 0 N–H and O–H groups in total. The van der Waals surface area contributed by atoms with Crippen molar-refractivity contribution in [3.05, 3.63) is 12.2 Å². The second-order valence-electron chi connectivity index (χ2n) is 6.07. The summed E-state index contributed by atoms with van der Waals surface area (Å²) in [5.41, 5.74) is 1.03. The lowest BCUT2D eigenvalue weighted by Crippen LogP contribution is -2.32. The van der Waals surface area contributed by atoms with Gasteiger partial charge in [-0.3, -0.25) is 4.79 Å². The molecule has 1 heterocycles. The first kappa shape index (κ1) is 15.5. The van der Waals surface area contributed by atoms with Crippen molar-refractivity contribution in [1.82, 2.24) is 0 Å². The Morgan fingerprint density at radius 3 is 2.65 bits per heavy atom. The van der Waals surface area contributed by atoms with Gasteiger partial charge < -0.3 is 14.2 Å². The molecule has 0 amide bonds. The van der Waals surface area contributed by atoms with Crippen molar-refractivity contribution in [3.8, 4) is 0 Å². The minimum absolute atomic E-state index is 0.0453. The molecule has 4 nitrogen and oxygen atoms in total. The number of allylic oxidation sites excluding steroid dienone is 1. The number of methoxy groups -OCH3 is 1. The van der Waals surface area contributed by atoms with Crippen molar-refractivity contribution in [3.63, 3.8) is 0 Å². The highest BCUT2D eigenvalue weighted by Crippen LogP contribution is 2.43. The van der Waals surface area contributed by atoms with Crippen LogP contribution in [0.3, 0.4) is 0 Å². The lowest BCUT2D eigenvalue weighted by molar-refractivity contribution is -0.195. The average Bonchev–Trinajstić information content (AvgIpc) is 2.77. The smallest absolute Gasteiger partial charge is 0.309 e. The van der Waals surface area contributed by atoms with Gasteiger partial charge in [-0.1, -0.05) is 19.1 Å². The van der Waals surface area contributed by atoms with Gasteiger partial charge in [-0.05, 0) is 44.4 Å². The first-order valence-corrected chi connectivity index (χ1v) is 7.55. The van der Waals surface area contributed by atoms with Crippen molar-refractivity contribution in [2.24, 2.45) is 17.8 Å². The summed E-state index contributed by atoms with van der Waals surface area (Å²) < 4.78 is 16.7. The van der Waals surface area contributed by atoms with Crippen LogP contribution >= 0.6 is 0 Å². The zero-order chi connectivity index (χ0) is 14.7. The van der Waals surface area contributed by atoms with Crippen LogP contribution in [0.2, 0.25) is 0 Å². The normalized spacial score (nSPS) is 37.6. The van der Waals surface area contributed by atoms with E-state index in [0.29, 0.717) is 0 Å². The van der Waals surface area contributed by atoms with E-state index < -0.39 is 0 Å². The van der Waals surface area contributed by atoms with E-state index in [1.165, 1.54) is 7.11 Å². The Morgan fingerprint density at radius 1 is 1.35 bits per heavy atom. The molecule has 1 aliphatic heterocycles. The topological polar surface area (TPSA) is 44.8 Å². The Kier molecular flexibility index (Phi) is 5.22. The third-order valence-electron chi connectivity index (χ3n) is 4.64. The molecule has 0 radical (unpaired) electrons. The van der Waals surface area contributed by atoms with Gasteiger partial charge in [-0.2, -0.15) is 0 Å². The molecule has 5 atom stereocenters. The van der Waals surface area contributed by atoms with Crippen LogP contribution < -0.4 is 0 Å². The molecule has 1 aliphatic carbocycles. The standard InChI is InChI=1S/C16H26O4/c1-10(2)12-9-13(11(3)15(12)16(17)18-4)20-14-7-5-6-8-19-14/h11-15H,1,5-9H2,2-4H3/t11-,12+,13-,14?,15+/m0/s1. The van der Waals surface area contributed by atoms with Crippen LogP contribution in [0, 0.1) is 17.8 Å². The fourth-order valence-electron chi connectivity index (χ4n) is 3.42. The highest BCUT2D eigenvalue weighted by atomic mass is 16.7. The van der Waals surface area contributed by atoms with E-state index in [-0.39, 0.29) is 36.1 Å². The largest absolute Gasteiger partial charge is 0.469 e. The highest BCUT2D eigenvalue weighted by Gasteiger charge is 2.47. The molecule has 4 heteroatoms. The molecule has 0 aromatic carbocycles. The molecule has 0 bridgehead atoms. The van der Waals surface area contributed by atoms with Crippen LogP contribution in [0.15, 0.2) is 12.2 Å². The molecule has 0 spiro atoms. The maximum absolute atomic E-state index is 12.0. The molecule has 2 aliphatic rings. The second-order valence-corrected chi connectivity index (χ2v) is 6.07. The number of carbonyl (C=O) groups is 1. The second kappa shape index (κ2) is 6.72. The van der Waals surface area contributed by atoms with E-state index in [9.17, 15) is 4.79 Å². The fourth-order valence-corrected chi connectivity index (χ4v) is 3.42. The quantitative estimate of drug-likeness (QED) is 0.587. The van der Waals surface area contributed by atoms with Gasteiger partial charge in [0.25, 0.3) is 0 Å². The van der Waals surface area contributed by atoms with E-state index in [0.717, 1.165) is 37.9 Å². The summed E-state index contributed by atoms with van der Waals surface area (Å²) in [6.45, 7) is 8.85. The number of rotatable bonds is 4. The molecule has 0 aromatic heterocycles. The number of esters is 1. The molecule has 20 heavy (non-hydrogen) atoms. The van der Waals surface area contributed by atoms with Gasteiger partial charge in [0, 0.05) is 6.61 Å². The van der Waals surface area contributed by atoms with Gasteiger partial charge in [0.05, 0.1) is 19.1 Å². The van der Waals surface area contributed by atoms with Crippen LogP contribution in [0.4, 0.5) is 0 Å². The highest BCUT2D eigenvalue weighted by molar-refractivity contribution is 5.74. The summed E-state index contributed by atoms with van der Waals surface area (Å²) in [4.78, 5) is 12.0. The summed E-state index contributed by atoms with van der Waals surface area (Å²) in [5.74, 6) is -0.0204. The van der Waals surface area contributed by atoms with Crippen molar-refractivity contribution in [1.29, 1.82) is 0 Å². The van der Waals surface area contributed by atoms with Crippen LogP contribution in [0.1, 0.15) is 39.5 Å². The van der Waals surface area contributed by atoms with Gasteiger partial charge in [0.1, 0.15) is 0 Å².